The van der Waals surface area contributed by atoms with Gasteiger partial charge in [-0.25, -0.2) is 13.2 Å². The van der Waals surface area contributed by atoms with Gasteiger partial charge >= 0.3 is 5.97 Å². The molecule has 1 unspecified atom stereocenters. The van der Waals surface area contributed by atoms with Crippen LogP contribution in [0.1, 0.15) is 28.1 Å². The molecule has 0 aliphatic heterocycles. The number of nitrogens with zero attached hydrogens (tertiary/aromatic N) is 1. The van der Waals surface area contributed by atoms with Gasteiger partial charge in [-0.2, -0.15) is 4.31 Å². The van der Waals surface area contributed by atoms with Gasteiger partial charge in [0.25, 0.3) is 0 Å². The fraction of sp³-hybridized carbons (Fsp3) is 0.357. The topological polar surface area (TPSA) is 87.8 Å². The predicted octanol–water partition coefficient (Wildman–Crippen LogP) is 2.60. The molecule has 0 amide bonds. The number of aromatic carboxylic acids is 1. The third kappa shape index (κ3) is 3.23. The molecule has 120 valence electrons. The van der Waals surface area contributed by atoms with Crippen LogP contribution < -0.4 is 0 Å². The summed E-state index contributed by atoms with van der Waals surface area (Å²) in [6, 6.07) is 4.67. The molecule has 0 aliphatic rings. The number of carboxylic acid groups (broad SMARTS) is 1. The molecule has 0 saturated heterocycles. The van der Waals surface area contributed by atoms with Crippen LogP contribution >= 0.6 is 11.3 Å². The lowest BCUT2D eigenvalue weighted by Gasteiger charge is -2.23. The van der Waals surface area contributed by atoms with Crippen molar-refractivity contribution in [3.63, 3.8) is 0 Å². The third-order valence-corrected chi connectivity index (χ3v) is 6.42. The zero-order chi connectivity index (χ0) is 16.5. The molecule has 2 aromatic heterocycles. The fourth-order valence-electron chi connectivity index (χ4n) is 2.07. The second kappa shape index (κ2) is 6.23. The Morgan fingerprint density at radius 1 is 1.50 bits per heavy atom. The largest absolute Gasteiger partial charge is 0.475 e. The van der Waals surface area contributed by atoms with Crippen LogP contribution in [0.25, 0.3) is 0 Å². The maximum atomic E-state index is 12.6. The molecule has 0 fully saturated rings. The van der Waals surface area contributed by atoms with Crippen LogP contribution in [0.2, 0.25) is 0 Å². The quantitative estimate of drug-likeness (QED) is 0.871. The Kier molecular flexibility index (Phi) is 4.74. The summed E-state index contributed by atoms with van der Waals surface area (Å²) in [5.74, 6) is -1.60. The summed E-state index contributed by atoms with van der Waals surface area (Å²) < 4.78 is 31.5. The van der Waals surface area contributed by atoms with E-state index in [0.29, 0.717) is 6.42 Å². The van der Waals surface area contributed by atoms with Gasteiger partial charge in [0.05, 0.1) is 0 Å². The number of hydrogen-bond donors (Lipinski definition) is 1. The average molecular weight is 343 g/mol. The number of sulfonamides is 1. The average Bonchev–Trinajstić information content (AvgIpc) is 3.07. The Morgan fingerprint density at radius 3 is 2.68 bits per heavy atom. The minimum absolute atomic E-state index is 0.0765. The molecule has 22 heavy (non-hydrogen) atoms. The zero-order valence-corrected chi connectivity index (χ0v) is 14.1. The first-order valence-corrected chi connectivity index (χ1v) is 8.89. The molecule has 0 saturated carbocycles. The van der Waals surface area contributed by atoms with Crippen molar-refractivity contribution in [1.29, 1.82) is 0 Å². The number of hydrogen-bond acceptors (Lipinski definition) is 5. The van der Waals surface area contributed by atoms with Gasteiger partial charge in [0.1, 0.15) is 10.7 Å². The molecule has 1 atom stereocenters. The van der Waals surface area contributed by atoms with Crippen molar-refractivity contribution >= 4 is 27.3 Å². The van der Waals surface area contributed by atoms with Crippen molar-refractivity contribution in [3.05, 3.63) is 40.0 Å². The molecule has 0 bridgehead atoms. The second-order valence-electron chi connectivity index (χ2n) is 4.99. The number of aryl methyl sites for hydroxylation is 1. The van der Waals surface area contributed by atoms with E-state index < -0.39 is 16.0 Å². The lowest BCUT2D eigenvalue weighted by atomic mass is 10.2. The standard InChI is InChI=1S/C14H17NO5S2/c1-9(7-11-5-4-6-21-11)15(3)22(18,19)13-8-12(14(16)17)20-10(13)2/h4-6,8-9H,7H2,1-3H3,(H,16,17). The van der Waals surface area contributed by atoms with Gasteiger partial charge in [-0.15, -0.1) is 11.3 Å². The van der Waals surface area contributed by atoms with Crippen LogP contribution in [0, 0.1) is 6.92 Å². The fourth-order valence-corrected chi connectivity index (χ4v) is 4.41. The molecular weight excluding hydrogens is 326 g/mol. The molecule has 0 spiro atoms. The smallest absolute Gasteiger partial charge is 0.371 e. The van der Waals surface area contributed by atoms with Gasteiger partial charge < -0.3 is 9.52 Å². The minimum Gasteiger partial charge on any atom is -0.475 e. The summed E-state index contributed by atoms with van der Waals surface area (Å²) >= 11 is 1.57. The summed E-state index contributed by atoms with van der Waals surface area (Å²) in [4.78, 5) is 11.9. The maximum Gasteiger partial charge on any atom is 0.371 e. The van der Waals surface area contributed by atoms with Crippen molar-refractivity contribution in [1.82, 2.24) is 4.31 Å². The van der Waals surface area contributed by atoms with Crippen LogP contribution in [0.15, 0.2) is 32.9 Å². The second-order valence-corrected chi connectivity index (χ2v) is 7.99. The van der Waals surface area contributed by atoms with E-state index in [9.17, 15) is 13.2 Å². The van der Waals surface area contributed by atoms with E-state index in [0.717, 1.165) is 10.9 Å². The molecule has 2 heterocycles. The first-order chi connectivity index (χ1) is 10.2. The van der Waals surface area contributed by atoms with E-state index in [2.05, 4.69) is 0 Å². The van der Waals surface area contributed by atoms with Gasteiger partial charge in [-0.3, -0.25) is 0 Å². The first kappa shape index (κ1) is 16.7. The number of carboxylic acids is 1. The van der Waals surface area contributed by atoms with Crippen molar-refractivity contribution in [2.24, 2.45) is 0 Å². The zero-order valence-electron chi connectivity index (χ0n) is 12.4. The number of carbonyl (C=O) groups is 1. The molecule has 2 rings (SSSR count). The summed E-state index contributed by atoms with van der Waals surface area (Å²) in [7, 11) is -2.32. The summed E-state index contributed by atoms with van der Waals surface area (Å²) in [6.45, 7) is 3.25. The Hall–Kier alpha value is -1.64. The number of rotatable bonds is 6. The van der Waals surface area contributed by atoms with Gasteiger partial charge in [0.15, 0.2) is 0 Å². The molecule has 0 aliphatic carbocycles. The van der Waals surface area contributed by atoms with Crippen LogP contribution in [0.4, 0.5) is 0 Å². The van der Waals surface area contributed by atoms with E-state index >= 15 is 0 Å². The van der Waals surface area contributed by atoms with Gasteiger partial charge in [0, 0.05) is 24.0 Å². The highest BCUT2D eigenvalue weighted by molar-refractivity contribution is 7.89. The molecule has 2 aromatic rings. The van der Waals surface area contributed by atoms with Crippen molar-refractivity contribution in [3.8, 4) is 0 Å². The summed E-state index contributed by atoms with van der Waals surface area (Å²) in [5, 5.41) is 10.8. The highest BCUT2D eigenvalue weighted by Gasteiger charge is 2.30. The van der Waals surface area contributed by atoms with Crippen molar-refractivity contribution < 1.29 is 22.7 Å². The van der Waals surface area contributed by atoms with E-state index in [4.69, 9.17) is 9.52 Å². The highest BCUT2D eigenvalue weighted by atomic mass is 32.2. The van der Waals surface area contributed by atoms with Gasteiger partial charge in [-0.05, 0) is 31.7 Å². The van der Waals surface area contributed by atoms with E-state index in [1.54, 1.807) is 11.3 Å². The normalized spacial score (nSPS) is 13.5. The molecule has 8 heteroatoms. The number of likely N-dealkylation sites (N-methyl/N-ethyl adjacent to an activating group) is 1. The highest BCUT2D eigenvalue weighted by Crippen LogP contribution is 2.25. The van der Waals surface area contributed by atoms with Gasteiger partial charge in [-0.1, -0.05) is 6.07 Å². The Labute approximate surface area is 133 Å². The number of thiophene rings is 1. The van der Waals surface area contributed by atoms with E-state index in [-0.39, 0.29) is 22.5 Å². The Bertz CT molecular complexity index is 761. The Balaban J connectivity index is 2.27. The molecule has 0 aromatic carbocycles. The monoisotopic (exact) mass is 343 g/mol. The van der Waals surface area contributed by atoms with Gasteiger partial charge in [0.2, 0.25) is 15.8 Å². The molecule has 1 N–H and O–H groups in total. The van der Waals surface area contributed by atoms with Crippen LogP contribution in [-0.2, 0) is 16.4 Å². The first-order valence-electron chi connectivity index (χ1n) is 6.57. The predicted molar refractivity (Wildman–Crippen MR) is 82.8 cm³/mol. The van der Waals surface area contributed by atoms with Crippen LogP contribution in [0.3, 0.4) is 0 Å². The number of furan rings is 1. The minimum atomic E-state index is -3.80. The molecule has 0 radical (unpaired) electrons. The Morgan fingerprint density at radius 2 is 2.18 bits per heavy atom. The van der Waals surface area contributed by atoms with Crippen molar-refractivity contribution in [2.45, 2.75) is 31.2 Å². The van der Waals surface area contributed by atoms with Crippen LogP contribution in [0.5, 0.6) is 0 Å². The summed E-state index contributed by atoms with van der Waals surface area (Å²) in [5.41, 5.74) is 0. The summed E-state index contributed by atoms with van der Waals surface area (Å²) in [6.07, 6.45) is 0.593. The van der Waals surface area contributed by atoms with Crippen LogP contribution in [-0.4, -0.2) is 36.9 Å². The lowest BCUT2D eigenvalue weighted by Crippen LogP contribution is -2.36. The van der Waals surface area contributed by atoms with E-state index in [1.165, 1.54) is 18.3 Å². The molecular formula is C14H17NO5S2. The van der Waals surface area contributed by atoms with Crippen molar-refractivity contribution in [2.75, 3.05) is 7.05 Å². The van der Waals surface area contributed by atoms with E-state index in [1.807, 2.05) is 24.4 Å². The lowest BCUT2D eigenvalue weighted by molar-refractivity contribution is 0.0661. The third-order valence-electron chi connectivity index (χ3n) is 3.44. The maximum absolute atomic E-state index is 12.6. The molecule has 6 nitrogen and oxygen atoms in total. The SMILES string of the molecule is Cc1oc(C(=O)O)cc1S(=O)(=O)N(C)C(C)Cc1cccs1.